The van der Waals surface area contributed by atoms with Crippen molar-refractivity contribution >= 4 is 34.8 Å². The van der Waals surface area contributed by atoms with Crippen molar-refractivity contribution in [3.05, 3.63) is 58.1 Å². The third-order valence-electron chi connectivity index (χ3n) is 2.86. The zero-order valence-corrected chi connectivity index (χ0v) is 12.4. The molecule has 0 saturated heterocycles. The van der Waals surface area contributed by atoms with Gasteiger partial charge in [0.15, 0.2) is 5.75 Å². The van der Waals surface area contributed by atoms with E-state index in [1.54, 1.807) is 24.3 Å². The number of amides is 1. The molecule has 1 atom stereocenters. The predicted octanol–water partition coefficient (Wildman–Crippen LogP) is 3.76. The summed E-state index contributed by atoms with van der Waals surface area (Å²) in [7, 11) is 0. The third kappa shape index (κ3) is 4.11. The molecule has 0 aliphatic carbocycles. The first kappa shape index (κ1) is 15.6. The molecular weight excluding hydrogens is 313 g/mol. The maximum atomic E-state index is 11.9. The van der Waals surface area contributed by atoms with E-state index in [9.17, 15) is 15.0 Å². The van der Waals surface area contributed by atoms with E-state index in [0.717, 1.165) is 0 Å². The van der Waals surface area contributed by atoms with Gasteiger partial charge in [0.25, 0.3) is 0 Å². The van der Waals surface area contributed by atoms with E-state index >= 15 is 0 Å². The Labute approximate surface area is 131 Å². The van der Waals surface area contributed by atoms with Crippen LogP contribution in [0.2, 0.25) is 10.0 Å². The number of phenols is 1. The van der Waals surface area contributed by atoms with Crippen molar-refractivity contribution in [3.8, 4) is 5.75 Å². The van der Waals surface area contributed by atoms with E-state index in [0.29, 0.717) is 11.3 Å². The monoisotopic (exact) mass is 325 g/mol. The van der Waals surface area contributed by atoms with Crippen molar-refractivity contribution in [2.75, 3.05) is 5.32 Å². The van der Waals surface area contributed by atoms with Crippen LogP contribution in [0.4, 0.5) is 5.69 Å². The predicted molar refractivity (Wildman–Crippen MR) is 82.8 cm³/mol. The first-order valence-electron chi connectivity index (χ1n) is 6.18. The molecule has 0 radical (unpaired) electrons. The lowest BCUT2D eigenvalue weighted by molar-refractivity contribution is -0.118. The van der Waals surface area contributed by atoms with Crippen LogP contribution >= 0.6 is 23.2 Å². The summed E-state index contributed by atoms with van der Waals surface area (Å²) >= 11 is 11.5. The van der Waals surface area contributed by atoms with Crippen LogP contribution in [0.25, 0.3) is 0 Å². The number of carbonyl (C=O) groups is 1. The zero-order chi connectivity index (χ0) is 15.4. The van der Waals surface area contributed by atoms with Crippen LogP contribution in [0.15, 0.2) is 42.5 Å². The molecule has 2 aromatic carbocycles. The maximum absolute atomic E-state index is 11.9. The van der Waals surface area contributed by atoms with Gasteiger partial charge in [-0.05, 0) is 17.7 Å². The molecule has 0 aromatic heterocycles. The smallest absolute Gasteiger partial charge is 0.227 e. The van der Waals surface area contributed by atoms with E-state index in [1.807, 2.05) is 6.07 Å². The molecule has 0 saturated carbocycles. The van der Waals surface area contributed by atoms with E-state index in [2.05, 4.69) is 5.32 Å². The normalized spacial score (nSPS) is 12.0. The van der Waals surface area contributed by atoms with Gasteiger partial charge in [0.2, 0.25) is 5.91 Å². The summed E-state index contributed by atoms with van der Waals surface area (Å²) < 4.78 is 0. The average molecular weight is 326 g/mol. The Morgan fingerprint density at radius 3 is 2.29 bits per heavy atom. The molecule has 0 bridgehead atoms. The van der Waals surface area contributed by atoms with Gasteiger partial charge in [-0.25, -0.2) is 0 Å². The summed E-state index contributed by atoms with van der Waals surface area (Å²) in [6, 6.07) is 11.7. The number of aromatic hydroxyl groups is 1. The van der Waals surface area contributed by atoms with Gasteiger partial charge in [-0.1, -0.05) is 53.5 Å². The van der Waals surface area contributed by atoms with Gasteiger partial charge in [-0.2, -0.15) is 0 Å². The highest BCUT2D eigenvalue weighted by molar-refractivity contribution is 6.37. The minimum atomic E-state index is -0.894. The summed E-state index contributed by atoms with van der Waals surface area (Å²) in [5.41, 5.74) is 1.02. The highest BCUT2D eigenvalue weighted by atomic mass is 35.5. The Bertz CT molecular complexity index is 624. The second kappa shape index (κ2) is 6.80. The molecule has 1 unspecified atom stereocenters. The summed E-state index contributed by atoms with van der Waals surface area (Å²) in [4.78, 5) is 11.9. The fourth-order valence-electron chi connectivity index (χ4n) is 1.82. The topological polar surface area (TPSA) is 69.6 Å². The van der Waals surface area contributed by atoms with Crippen LogP contribution < -0.4 is 5.32 Å². The van der Waals surface area contributed by atoms with Gasteiger partial charge in [0.05, 0.1) is 22.6 Å². The summed E-state index contributed by atoms with van der Waals surface area (Å²) in [6.45, 7) is 0. The molecule has 0 fully saturated rings. The van der Waals surface area contributed by atoms with Crippen molar-refractivity contribution in [2.45, 2.75) is 12.5 Å². The Morgan fingerprint density at radius 2 is 1.71 bits per heavy atom. The molecule has 0 aliphatic rings. The fourth-order valence-corrected chi connectivity index (χ4v) is 2.31. The molecule has 0 aliphatic heterocycles. The largest absolute Gasteiger partial charge is 0.505 e. The summed E-state index contributed by atoms with van der Waals surface area (Å²) in [6.07, 6.45) is -0.991. The number of benzene rings is 2. The van der Waals surface area contributed by atoms with Crippen LogP contribution in [-0.4, -0.2) is 16.1 Å². The number of aliphatic hydroxyl groups excluding tert-OH is 1. The van der Waals surface area contributed by atoms with Gasteiger partial charge < -0.3 is 15.5 Å². The number of anilines is 1. The molecule has 110 valence electrons. The highest BCUT2D eigenvalue weighted by Gasteiger charge is 2.14. The molecule has 0 heterocycles. The van der Waals surface area contributed by atoms with Crippen LogP contribution in [0.3, 0.4) is 0 Å². The van der Waals surface area contributed by atoms with Crippen molar-refractivity contribution < 1.29 is 15.0 Å². The number of hydrogen-bond donors (Lipinski definition) is 3. The van der Waals surface area contributed by atoms with Crippen molar-refractivity contribution in [3.63, 3.8) is 0 Å². The second-order valence-corrected chi connectivity index (χ2v) is 5.28. The SMILES string of the molecule is O=C(CC(O)c1ccccc1)Nc1cc(Cl)c(O)c(Cl)c1. The Kier molecular flexibility index (Phi) is 5.07. The minimum Gasteiger partial charge on any atom is -0.505 e. The summed E-state index contributed by atoms with van der Waals surface area (Å²) in [5, 5.41) is 22.1. The molecule has 6 heteroatoms. The van der Waals surface area contributed by atoms with Crippen LogP contribution in [0, 0.1) is 0 Å². The Hall–Kier alpha value is -1.75. The van der Waals surface area contributed by atoms with Gasteiger partial charge >= 0.3 is 0 Å². The van der Waals surface area contributed by atoms with Crippen LogP contribution in [0.1, 0.15) is 18.1 Å². The standard InChI is InChI=1S/C15H13Cl2NO3/c16-11-6-10(7-12(17)15(11)21)18-14(20)8-13(19)9-4-2-1-3-5-9/h1-7,13,19,21H,8H2,(H,18,20). The lowest BCUT2D eigenvalue weighted by Crippen LogP contribution is -2.15. The first-order valence-corrected chi connectivity index (χ1v) is 6.94. The molecule has 4 nitrogen and oxygen atoms in total. The average Bonchev–Trinajstić information content (AvgIpc) is 2.45. The van der Waals surface area contributed by atoms with Gasteiger partial charge in [-0.3, -0.25) is 4.79 Å². The second-order valence-electron chi connectivity index (χ2n) is 4.47. The molecule has 21 heavy (non-hydrogen) atoms. The summed E-state index contributed by atoms with van der Waals surface area (Å²) in [5.74, 6) is -0.621. The van der Waals surface area contributed by atoms with Gasteiger partial charge in [0.1, 0.15) is 0 Å². The molecule has 0 spiro atoms. The number of carbonyl (C=O) groups excluding carboxylic acids is 1. The zero-order valence-electron chi connectivity index (χ0n) is 10.9. The van der Waals surface area contributed by atoms with Crippen LogP contribution in [-0.2, 0) is 4.79 Å². The molecule has 1 amide bonds. The van der Waals surface area contributed by atoms with Crippen molar-refractivity contribution in [2.24, 2.45) is 0 Å². The van der Waals surface area contributed by atoms with Crippen molar-refractivity contribution in [1.29, 1.82) is 0 Å². The molecular formula is C15H13Cl2NO3. The molecule has 2 aromatic rings. The maximum Gasteiger partial charge on any atom is 0.227 e. The van der Waals surface area contributed by atoms with Gasteiger partial charge in [-0.15, -0.1) is 0 Å². The Morgan fingerprint density at radius 1 is 1.14 bits per heavy atom. The van der Waals surface area contributed by atoms with Crippen LogP contribution in [0.5, 0.6) is 5.75 Å². The van der Waals surface area contributed by atoms with Gasteiger partial charge in [0, 0.05) is 5.69 Å². The lowest BCUT2D eigenvalue weighted by Gasteiger charge is -2.12. The number of nitrogens with one attached hydrogen (secondary N) is 1. The van der Waals surface area contributed by atoms with E-state index < -0.39 is 6.10 Å². The number of halogens is 2. The number of aliphatic hydroxyl groups is 1. The number of phenolic OH excluding ortho intramolecular Hbond substituents is 1. The quantitative estimate of drug-likeness (QED) is 0.749. The fraction of sp³-hybridized carbons (Fsp3) is 0.133. The number of rotatable bonds is 4. The van der Waals surface area contributed by atoms with E-state index in [4.69, 9.17) is 23.2 Å². The molecule has 3 N–H and O–H groups in total. The Balaban J connectivity index is 2.02. The first-order chi connectivity index (χ1) is 9.97. The van der Waals surface area contributed by atoms with E-state index in [-0.39, 0.29) is 28.1 Å². The lowest BCUT2D eigenvalue weighted by atomic mass is 10.1. The third-order valence-corrected chi connectivity index (χ3v) is 3.44. The van der Waals surface area contributed by atoms with E-state index in [1.165, 1.54) is 12.1 Å². The highest BCUT2D eigenvalue weighted by Crippen LogP contribution is 2.34. The molecule has 2 rings (SSSR count). The minimum absolute atomic E-state index is 0.0430. The van der Waals surface area contributed by atoms with Crippen molar-refractivity contribution in [1.82, 2.24) is 0 Å². The number of hydrogen-bond acceptors (Lipinski definition) is 3.